The van der Waals surface area contributed by atoms with Crippen LogP contribution in [0.1, 0.15) is 11.4 Å². The van der Waals surface area contributed by atoms with Gasteiger partial charge in [-0.1, -0.05) is 17.7 Å². The highest BCUT2D eigenvalue weighted by atomic mass is 35.5. The van der Waals surface area contributed by atoms with Crippen LogP contribution in [0.5, 0.6) is 0 Å². The number of aryl methyl sites for hydroxylation is 1. The summed E-state index contributed by atoms with van der Waals surface area (Å²) >= 11 is 5.66. The van der Waals surface area contributed by atoms with Crippen LogP contribution in [0.3, 0.4) is 0 Å². The molecule has 0 saturated heterocycles. The van der Waals surface area contributed by atoms with Crippen molar-refractivity contribution < 1.29 is 4.39 Å². The van der Waals surface area contributed by atoms with Gasteiger partial charge in [-0.25, -0.2) is 9.37 Å². The lowest BCUT2D eigenvalue weighted by Crippen LogP contribution is -1.99. The third kappa shape index (κ3) is 2.60. The minimum absolute atomic E-state index is 0.142. The van der Waals surface area contributed by atoms with E-state index in [1.807, 2.05) is 25.1 Å². The topological polar surface area (TPSA) is 40.7 Å². The molecule has 0 spiro atoms. The van der Waals surface area contributed by atoms with Gasteiger partial charge in [-0.05, 0) is 42.8 Å². The van der Waals surface area contributed by atoms with Crippen LogP contribution >= 0.6 is 11.6 Å². The highest BCUT2D eigenvalue weighted by Crippen LogP contribution is 2.19. The Balaban J connectivity index is 1.77. The largest absolute Gasteiger partial charge is 0.381 e. The first kappa shape index (κ1) is 12.9. The van der Waals surface area contributed by atoms with Crippen molar-refractivity contribution in [3.05, 3.63) is 58.6 Å². The lowest BCUT2D eigenvalue weighted by Gasteiger charge is -2.07. The van der Waals surface area contributed by atoms with E-state index in [1.165, 1.54) is 6.07 Å². The Morgan fingerprint density at radius 2 is 2.10 bits per heavy atom. The van der Waals surface area contributed by atoms with E-state index in [4.69, 9.17) is 11.6 Å². The Kier molecular flexibility index (Phi) is 3.32. The van der Waals surface area contributed by atoms with Gasteiger partial charge in [0.25, 0.3) is 0 Å². The van der Waals surface area contributed by atoms with Crippen LogP contribution in [-0.2, 0) is 6.54 Å². The maximum absolute atomic E-state index is 13.3. The fourth-order valence-corrected chi connectivity index (χ4v) is 2.22. The van der Waals surface area contributed by atoms with Gasteiger partial charge in [-0.15, -0.1) is 0 Å². The van der Waals surface area contributed by atoms with Gasteiger partial charge in [0.1, 0.15) is 11.6 Å². The molecule has 0 aliphatic rings. The Hall–Kier alpha value is -2.07. The van der Waals surface area contributed by atoms with Gasteiger partial charge in [0.15, 0.2) is 0 Å². The number of anilines is 1. The molecule has 0 amide bonds. The second kappa shape index (κ2) is 5.13. The molecule has 3 aromatic rings. The summed E-state index contributed by atoms with van der Waals surface area (Å²) in [5.74, 6) is 0.488. The SMILES string of the molecule is Cc1nc2ccc(NCc3ccc(Cl)c(F)c3)cc2[nH]1. The first-order valence-corrected chi connectivity index (χ1v) is 6.64. The number of rotatable bonds is 3. The average Bonchev–Trinajstić information content (AvgIpc) is 2.79. The number of nitrogens with one attached hydrogen (secondary N) is 2. The van der Waals surface area contributed by atoms with Gasteiger partial charge in [0, 0.05) is 12.2 Å². The van der Waals surface area contributed by atoms with E-state index in [-0.39, 0.29) is 5.02 Å². The van der Waals surface area contributed by atoms with Crippen molar-refractivity contribution in [3.8, 4) is 0 Å². The molecular formula is C15H13ClFN3. The first-order valence-electron chi connectivity index (χ1n) is 6.26. The zero-order valence-electron chi connectivity index (χ0n) is 10.9. The zero-order chi connectivity index (χ0) is 14.1. The second-order valence-corrected chi connectivity index (χ2v) is 5.06. The van der Waals surface area contributed by atoms with Crippen LogP contribution in [0.2, 0.25) is 5.02 Å². The van der Waals surface area contributed by atoms with Crippen LogP contribution in [0, 0.1) is 12.7 Å². The number of hydrogen-bond acceptors (Lipinski definition) is 2. The average molecular weight is 290 g/mol. The summed E-state index contributed by atoms with van der Waals surface area (Å²) < 4.78 is 13.3. The fourth-order valence-electron chi connectivity index (χ4n) is 2.10. The molecule has 0 aliphatic carbocycles. The van der Waals surface area contributed by atoms with E-state index in [1.54, 1.807) is 12.1 Å². The molecule has 0 aliphatic heterocycles. The molecule has 0 bridgehead atoms. The predicted octanol–water partition coefficient (Wildman–Crippen LogP) is 4.28. The van der Waals surface area contributed by atoms with Crippen molar-refractivity contribution >= 4 is 28.3 Å². The van der Waals surface area contributed by atoms with Crippen LogP contribution in [0.15, 0.2) is 36.4 Å². The molecule has 0 atom stereocenters. The van der Waals surface area contributed by atoms with E-state index in [9.17, 15) is 4.39 Å². The summed E-state index contributed by atoms with van der Waals surface area (Å²) in [5, 5.41) is 3.39. The quantitative estimate of drug-likeness (QED) is 0.756. The number of H-pyrrole nitrogens is 1. The normalized spacial score (nSPS) is 10.9. The summed E-state index contributed by atoms with van der Waals surface area (Å²) in [7, 11) is 0. The van der Waals surface area contributed by atoms with Gasteiger partial charge >= 0.3 is 0 Å². The molecule has 102 valence electrons. The van der Waals surface area contributed by atoms with Crippen LogP contribution in [0.4, 0.5) is 10.1 Å². The number of nitrogens with zero attached hydrogens (tertiary/aromatic N) is 1. The maximum Gasteiger partial charge on any atom is 0.142 e. The number of aromatic nitrogens is 2. The Bertz CT molecular complexity index is 767. The number of halogens is 2. The number of fused-ring (bicyclic) bond motifs is 1. The molecular weight excluding hydrogens is 277 g/mol. The Morgan fingerprint density at radius 3 is 2.90 bits per heavy atom. The van der Waals surface area contributed by atoms with E-state index in [0.717, 1.165) is 28.1 Å². The molecule has 3 nitrogen and oxygen atoms in total. The molecule has 1 aromatic heterocycles. The minimum Gasteiger partial charge on any atom is -0.381 e. The van der Waals surface area contributed by atoms with E-state index in [0.29, 0.717) is 6.54 Å². The number of imidazole rings is 1. The molecule has 20 heavy (non-hydrogen) atoms. The smallest absolute Gasteiger partial charge is 0.142 e. The van der Waals surface area contributed by atoms with Crippen molar-refractivity contribution in [3.63, 3.8) is 0 Å². The summed E-state index contributed by atoms with van der Waals surface area (Å²) in [6.45, 7) is 2.45. The Labute approximate surface area is 120 Å². The van der Waals surface area contributed by atoms with Crippen molar-refractivity contribution in [1.29, 1.82) is 0 Å². The lowest BCUT2D eigenvalue weighted by atomic mass is 10.2. The van der Waals surface area contributed by atoms with Gasteiger partial charge in [0.2, 0.25) is 0 Å². The third-order valence-corrected chi connectivity index (χ3v) is 3.39. The molecule has 0 unspecified atom stereocenters. The van der Waals surface area contributed by atoms with Crippen LogP contribution in [0.25, 0.3) is 11.0 Å². The van der Waals surface area contributed by atoms with Gasteiger partial charge in [0.05, 0.1) is 16.1 Å². The molecule has 2 aromatic carbocycles. The monoisotopic (exact) mass is 289 g/mol. The number of hydrogen-bond donors (Lipinski definition) is 2. The molecule has 0 fully saturated rings. The zero-order valence-corrected chi connectivity index (χ0v) is 11.6. The first-order chi connectivity index (χ1) is 9.61. The van der Waals surface area contributed by atoms with Gasteiger partial charge in [-0.2, -0.15) is 0 Å². The number of aromatic amines is 1. The molecule has 2 N–H and O–H groups in total. The van der Waals surface area contributed by atoms with Crippen molar-refractivity contribution in [2.24, 2.45) is 0 Å². The maximum atomic E-state index is 13.3. The van der Waals surface area contributed by atoms with Crippen molar-refractivity contribution in [2.45, 2.75) is 13.5 Å². The predicted molar refractivity (Wildman–Crippen MR) is 79.6 cm³/mol. The highest BCUT2D eigenvalue weighted by Gasteiger charge is 2.03. The van der Waals surface area contributed by atoms with Crippen molar-refractivity contribution in [2.75, 3.05) is 5.32 Å². The summed E-state index contributed by atoms with van der Waals surface area (Å²) in [5.41, 5.74) is 3.71. The van der Waals surface area contributed by atoms with E-state index in [2.05, 4.69) is 15.3 Å². The molecule has 0 saturated carbocycles. The van der Waals surface area contributed by atoms with Crippen molar-refractivity contribution in [1.82, 2.24) is 9.97 Å². The third-order valence-electron chi connectivity index (χ3n) is 3.08. The number of benzene rings is 2. The highest BCUT2D eigenvalue weighted by molar-refractivity contribution is 6.30. The second-order valence-electron chi connectivity index (χ2n) is 4.66. The van der Waals surface area contributed by atoms with E-state index < -0.39 is 5.82 Å². The summed E-state index contributed by atoms with van der Waals surface area (Å²) in [6, 6.07) is 10.7. The molecule has 1 heterocycles. The van der Waals surface area contributed by atoms with Crippen LogP contribution < -0.4 is 5.32 Å². The molecule has 5 heteroatoms. The summed E-state index contributed by atoms with van der Waals surface area (Å²) in [4.78, 5) is 7.53. The fraction of sp³-hybridized carbons (Fsp3) is 0.133. The van der Waals surface area contributed by atoms with Gasteiger partial charge < -0.3 is 10.3 Å². The van der Waals surface area contributed by atoms with Crippen LogP contribution in [-0.4, -0.2) is 9.97 Å². The standard InChI is InChI=1S/C15H13ClFN3/c1-9-19-14-5-3-11(7-15(14)20-9)18-8-10-2-4-12(16)13(17)6-10/h2-7,18H,8H2,1H3,(H,19,20). The Morgan fingerprint density at radius 1 is 1.25 bits per heavy atom. The molecule has 3 rings (SSSR count). The minimum atomic E-state index is -0.398. The molecule has 0 radical (unpaired) electrons. The summed E-state index contributed by atoms with van der Waals surface area (Å²) in [6.07, 6.45) is 0. The van der Waals surface area contributed by atoms with Gasteiger partial charge in [-0.3, -0.25) is 0 Å². The lowest BCUT2D eigenvalue weighted by molar-refractivity contribution is 0.626. The van der Waals surface area contributed by atoms with E-state index >= 15 is 0 Å².